The summed E-state index contributed by atoms with van der Waals surface area (Å²) in [6, 6.07) is 12.1. The van der Waals surface area contributed by atoms with Crippen LogP contribution in [0.5, 0.6) is 11.5 Å². The number of hydrogen-bond acceptors (Lipinski definition) is 7. The average Bonchev–Trinajstić information content (AvgIpc) is 3.30. The standard InChI is InChI=1S/C24H19F2N5O4/c1-27-22(32)19-12-16(9-10-29-19)34-15-7-8-18(17(26)11-15)30-23(33)20-21(35-24(28-2)31-20)13-3-5-14(25)6-4-13/h3-12H,1-2H3,(H,27,32)(H,28,31)(H,30,33). The number of nitrogens with zero attached hydrogens (tertiary/aromatic N) is 2. The van der Waals surface area contributed by atoms with E-state index in [0.717, 1.165) is 6.07 Å². The van der Waals surface area contributed by atoms with Crippen LogP contribution in [0.15, 0.2) is 65.2 Å². The lowest BCUT2D eigenvalue weighted by Gasteiger charge is -2.10. The fraction of sp³-hybridized carbons (Fsp3) is 0.0833. The largest absolute Gasteiger partial charge is 0.457 e. The van der Waals surface area contributed by atoms with Crippen LogP contribution >= 0.6 is 0 Å². The normalized spacial score (nSPS) is 10.5. The molecule has 0 aliphatic carbocycles. The van der Waals surface area contributed by atoms with Gasteiger partial charge >= 0.3 is 0 Å². The van der Waals surface area contributed by atoms with E-state index in [0.29, 0.717) is 5.56 Å². The van der Waals surface area contributed by atoms with Gasteiger partial charge in [0.15, 0.2) is 11.5 Å². The fourth-order valence-corrected chi connectivity index (χ4v) is 3.08. The smallest absolute Gasteiger partial charge is 0.295 e. The first-order valence-corrected chi connectivity index (χ1v) is 10.3. The highest BCUT2D eigenvalue weighted by molar-refractivity contribution is 6.06. The molecule has 4 rings (SSSR count). The van der Waals surface area contributed by atoms with Gasteiger partial charge in [-0.25, -0.2) is 8.78 Å². The van der Waals surface area contributed by atoms with Gasteiger partial charge < -0.3 is 25.1 Å². The van der Waals surface area contributed by atoms with Gasteiger partial charge in [0.25, 0.3) is 17.8 Å². The second-order valence-electron chi connectivity index (χ2n) is 7.11. The molecule has 2 aromatic carbocycles. The molecule has 2 aromatic heterocycles. The highest BCUT2D eigenvalue weighted by Crippen LogP contribution is 2.30. The van der Waals surface area contributed by atoms with Crippen LogP contribution in [0.3, 0.4) is 0 Å². The molecule has 0 fully saturated rings. The lowest BCUT2D eigenvalue weighted by Crippen LogP contribution is -2.18. The van der Waals surface area contributed by atoms with Gasteiger partial charge in [0.2, 0.25) is 0 Å². The van der Waals surface area contributed by atoms with Crippen molar-refractivity contribution in [1.29, 1.82) is 0 Å². The van der Waals surface area contributed by atoms with E-state index < -0.39 is 23.4 Å². The summed E-state index contributed by atoms with van der Waals surface area (Å²) in [5.41, 5.74) is 0.324. The molecule has 0 saturated heterocycles. The summed E-state index contributed by atoms with van der Waals surface area (Å²) in [5.74, 6) is -1.83. The number of benzene rings is 2. The molecule has 0 aliphatic heterocycles. The van der Waals surface area contributed by atoms with E-state index in [2.05, 4.69) is 25.9 Å². The third-order valence-corrected chi connectivity index (χ3v) is 4.78. The van der Waals surface area contributed by atoms with Gasteiger partial charge in [-0.05, 0) is 42.5 Å². The number of ether oxygens (including phenoxy) is 1. The molecule has 178 valence electrons. The molecule has 0 saturated carbocycles. The number of carbonyl (C=O) groups is 2. The monoisotopic (exact) mass is 479 g/mol. The van der Waals surface area contributed by atoms with Crippen LogP contribution in [0.4, 0.5) is 20.5 Å². The molecule has 2 amide bonds. The highest BCUT2D eigenvalue weighted by atomic mass is 19.1. The Hall–Kier alpha value is -4.80. The van der Waals surface area contributed by atoms with Gasteiger partial charge in [-0.2, -0.15) is 4.98 Å². The Morgan fingerprint density at radius 1 is 0.943 bits per heavy atom. The number of carbonyl (C=O) groups excluding carboxylic acids is 2. The molecule has 0 unspecified atom stereocenters. The van der Waals surface area contributed by atoms with Crippen LogP contribution in [0, 0.1) is 11.6 Å². The third kappa shape index (κ3) is 5.24. The van der Waals surface area contributed by atoms with Gasteiger partial charge in [-0.1, -0.05) is 0 Å². The maximum atomic E-state index is 14.8. The Morgan fingerprint density at radius 3 is 2.37 bits per heavy atom. The maximum absolute atomic E-state index is 14.8. The minimum absolute atomic E-state index is 0.0622. The second-order valence-corrected chi connectivity index (χ2v) is 7.11. The lowest BCUT2D eigenvalue weighted by molar-refractivity contribution is 0.0957. The average molecular weight is 479 g/mol. The molecule has 2 heterocycles. The minimum Gasteiger partial charge on any atom is -0.457 e. The van der Waals surface area contributed by atoms with E-state index >= 15 is 0 Å². The first-order chi connectivity index (χ1) is 16.9. The maximum Gasteiger partial charge on any atom is 0.295 e. The van der Waals surface area contributed by atoms with E-state index in [1.54, 1.807) is 7.05 Å². The lowest BCUT2D eigenvalue weighted by atomic mass is 10.1. The molecular weight excluding hydrogens is 460 g/mol. The Bertz CT molecular complexity index is 1390. The van der Waals surface area contributed by atoms with Crippen molar-refractivity contribution in [3.05, 3.63) is 83.8 Å². The molecule has 35 heavy (non-hydrogen) atoms. The third-order valence-electron chi connectivity index (χ3n) is 4.78. The number of halogens is 2. The SMILES string of the molecule is CNC(=O)c1cc(Oc2ccc(NC(=O)c3nc(NC)oc3-c3ccc(F)cc3)c(F)c2)ccn1. The first kappa shape index (κ1) is 23.4. The number of anilines is 2. The number of rotatable bonds is 7. The van der Waals surface area contributed by atoms with Crippen molar-refractivity contribution in [1.82, 2.24) is 15.3 Å². The summed E-state index contributed by atoms with van der Waals surface area (Å²) >= 11 is 0. The molecular formula is C24H19F2N5O4. The number of amides is 2. The topological polar surface area (TPSA) is 118 Å². The summed E-state index contributed by atoms with van der Waals surface area (Å²) < 4.78 is 39.2. The zero-order chi connectivity index (χ0) is 24.9. The Kier molecular flexibility index (Phi) is 6.67. The number of nitrogens with one attached hydrogen (secondary N) is 3. The Balaban J connectivity index is 1.54. The summed E-state index contributed by atoms with van der Waals surface area (Å²) in [4.78, 5) is 32.6. The molecule has 0 aliphatic rings. The Labute approximate surface area is 198 Å². The first-order valence-electron chi connectivity index (χ1n) is 10.3. The van der Waals surface area contributed by atoms with Crippen molar-refractivity contribution in [2.45, 2.75) is 0 Å². The van der Waals surface area contributed by atoms with E-state index in [9.17, 15) is 18.4 Å². The predicted molar refractivity (Wildman–Crippen MR) is 123 cm³/mol. The molecule has 3 N–H and O–H groups in total. The van der Waals surface area contributed by atoms with Gasteiger partial charge in [0, 0.05) is 38.0 Å². The van der Waals surface area contributed by atoms with Crippen LogP contribution in [-0.2, 0) is 0 Å². The molecule has 0 radical (unpaired) electrons. The molecule has 4 aromatic rings. The molecule has 0 bridgehead atoms. The van der Waals surface area contributed by atoms with Crippen molar-refractivity contribution in [3.8, 4) is 22.8 Å². The van der Waals surface area contributed by atoms with E-state index in [1.807, 2.05) is 0 Å². The summed E-state index contributed by atoms with van der Waals surface area (Å²) in [7, 11) is 3.03. The van der Waals surface area contributed by atoms with E-state index in [1.165, 1.54) is 61.8 Å². The van der Waals surface area contributed by atoms with Gasteiger partial charge in [0.05, 0.1) is 5.69 Å². The number of oxazole rings is 1. The van der Waals surface area contributed by atoms with Crippen LogP contribution in [0.2, 0.25) is 0 Å². The summed E-state index contributed by atoms with van der Waals surface area (Å²) in [5, 5.41) is 7.60. The van der Waals surface area contributed by atoms with Crippen molar-refractivity contribution in [2.75, 3.05) is 24.7 Å². The zero-order valence-electron chi connectivity index (χ0n) is 18.6. The van der Waals surface area contributed by atoms with Crippen molar-refractivity contribution in [3.63, 3.8) is 0 Å². The van der Waals surface area contributed by atoms with Gasteiger partial charge in [-0.3, -0.25) is 14.6 Å². The number of aromatic nitrogens is 2. The van der Waals surface area contributed by atoms with E-state index in [-0.39, 0.29) is 40.3 Å². The zero-order valence-corrected chi connectivity index (χ0v) is 18.6. The minimum atomic E-state index is -0.767. The fourth-order valence-electron chi connectivity index (χ4n) is 3.08. The van der Waals surface area contributed by atoms with Crippen molar-refractivity contribution >= 4 is 23.5 Å². The van der Waals surface area contributed by atoms with Crippen molar-refractivity contribution in [2.24, 2.45) is 0 Å². The molecule has 11 heteroatoms. The summed E-state index contributed by atoms with van der Waals surface area (Å²) in [6.07, 6.45) is 1.39. The molecule has 0 spiro atoms. The molecule has 9 nitrogen and oxygen atoms in total. The summed E-state index contributed by atoms with van der Waals surface area (Å²) in [6.45, 7) is 0. The Morgan fingerprint density at radius 2 is 1.69 bits per heavy atom. The van der Waals surface area contributed by atoms with Crippen LogP contribution < -0.4 is 20.7 Å². The van der Waals surface area contributed by atoms with Crippen molar-refractivity contribution < 1.29 is 27.5 Å². The van der Waals surface area contributed by atoms with Gasteiger partial charge in [0.1, 0.15) is 28.8 Å². The van der Waals surface area contributed by atoms with Crippen LogP contribution in [0.1, 0.15) is 21.0 Å². The van der Waals surface area contributed by atoms with Crippen LogP contribution in [0.25, 0.3) is 11.3 Å². The van der Waals surface area contributed by atoms with Crippen LogP contribution in [-0.4, -0.2) is 35.9 Å². The predicted octanol–water partition coefficient (Wildman–Crippen LogP) is 4.46. The number of pyridine rings is 1. The highest BCUT2D eigenvalue weighted by Gasteiger charge is 2.22. The molecule has 0 atom stereocenters. The quantitative estimate of drug-likeness (QED) is 0.358. The number of hydrogen-bond donors (Lipinski definition) is 3. The van der Waals surface area contributed by atoms with E-state index in [4.69, 9.17) is 9.15 Å². The van der Waals surface area contributed by atoms with Gasteiger partial charge in [-0.15, -0.1) is 0 Å². The second kappa shape index (κ2) is 10.00.